The molecule has 0 bridgehead atoms. The van der Waals surface area contributed by atoms with Crippen molar-refractivity contribution < 1.29 is 14.2 Å². The van der Waals surface area contributed by atoms with E-state index in [1.807, 2.05) is 19.9 Å². The molecule has 0 aromatic heterocycles. The first-order chi connectivity index (χ1) is 12.4. The van der Waals surface area contributed by atoms with Crippen LogP contribution in [0.15, 0.2) is 41.4 Å². The number of benzene rings is 2. The lowest BCUT2D eigenvalue weighted by atomic mass is 10.1. The van der Waals surface area contributed by atoms with Crippen LogP contribution < -0.4 is 15.4 Å². The topological polar surface area (TPSA) is 65.9 Å². The number of phenols is 1. The standard InChI is InChI=1S/C20H26FN3O2/c1-5-22-20(23-12-16-10-17(26-4)8-9-19(16)25)24-14(3)15-7-6-13(2)18(21)11-15/h6-11,14,25H,5,12H2,1-4H3,(H2,22,23,24). The summed E-state index contributed by atoms with van der Waals surface area (Å²) in [5.41, 5.74) is 2.12. The molecule has 0 saturated heterocycles. The van der Waals surface area contributed by atoms with Crippen molar-refractivity contribution in [2.24, 2.45) is 4.99 Å². The second kappa shape index (κ2) is 9.08. The maximum absolute atomic E-state index is 13.8. The number of aryl methyl sites for hydroxylation is 1. The number of ether oxygens (including phenoxy) is 1. The van der Waals surface area contributed by atoms with Gasteiger partial charge in [0.2, 0.25) is 0 Å². The number of aromatic hydroxyl groups is 1. The second-order valence-corrected chi connectivity index (χ2v) is 6.06. The Morgan fingerprint density at radius 2 is 2.04 bits per heavy atom. The maximum Gasteiger partial charge on any atom is 0.192 e. The summed E-state index contributed by atoms with van der Waals surface area (Å²) in [6, 6.07) is 10.1. The third-order valence-electron chi connectivity index (χ3n) is 4.09. The summed E-state index contributed by atoms with van der Waals surface area (Å²) >= 11 is 0. The molecule has 1 atom stereocenters. The molecule has 2 aromatic rings. The lowest BCUT2D eigenvalue weighted by molar-refractivity contribution is 0.411. The molecule has 0 amide bonds. The van der Waals surface area contributed by atoms with E-state index in [0.717, 1.165) is 5.56 Å². The molecular weight excluding hydrogens is 333 g/mol. The number of methoxy groups -OCH3 is 1. The Balaban J connectivity index is 2.14. The van der Waals surface area contributed by atoms with Crippen molar-refractivity contribution in [3.05, 3.63) is 58.9 Å². The summed E-state index contributed by atoms with van der Waals surface area (Å²) in [6.07, 6.45) is 0. The Kier molecular flexibility index (Phi) is 6.83. The average molecular weight is 359 g/mol. The lowest BCUT2D eigenvalue weighted by Crippen LogP contribution is -2.38. The van der Waals surface area contributed by atoms with Crippen LogP contribution in [0.4, 0.5) is 4.39 Å². The molecule has 140 valence electrons. The molecule has 0 radical (unpaired) electrons. The van der Waals surface area contributed by atoms with E-state index in [4.69, 9.17) is 4.74 Å². The minimum absolute atomic E-state index is 0.123. The van der Waals surface area contributed by atoms with Gasteiger partial charge in [0.25, 0.3) is 0 Å². The number of rotatable bonds is 6. The van der Waals surface area contributed by atoms with Gasteiger partial charge in [0.1, 0.15) is 17.3 Å². The van der Waals surface area contributed by atoms with Gasteiger partial charge in [-0.2, -0.15) is 0 Å². The minimum atomic E-state index is -0.223. The van der Waals surface area contributed by atoms with Gasteiger partial charge in [-0.15, -0.1) is 0 Å². The number of hydrogen-bond acceptors (Lipinski definition) is 3. The fraction of sp³-hybridized carbons (Fsp3) is 0.350. The number of aliphatic imine (C=N–C) groups is 1. The van der Waals surface area contributed by atoms with Crippen molar-refractivity contribution in [1.29, 1.82) is 0 Å². The summed E-state index contributed by atoms with van der Waals surface area (Å²) < 4.78 is 19.0. The average Bonchev–Trinajstić information content (AvgIpc) is 2.63. The van der Waals surface area contributed by atoms with Gasteiger partial charge in [-0.3, -0.25) is 0 Å². The van der Waals surface area contributed by atoms with E-state index in [0.29, 0.717) is 29.4 Å². The zero-order valence-corrected chi connectivity index (χ0v) is 15.6. The minimum Gasteiger partial charge on any atom is -0.508 e. The Labute approximate surface area is 153 Å². The molecule has 0 aliphatic rings. The van der Waals surface area contributed by atoms with Gasteiger partial charge in [-0.05, 0) is 56.2 Å². The molecule has 5 nitrogen and oxygen atoms in total. The van der Waals surface area contributed by atoms with Crippen molar-refractivity contribution >= 4 is 5.96 Å². The third-order valence-corrected chi connectivity index (χ3v) is 4.09. The van der Waals surface area contributed by atoms with Crippen molar-refractivity contribution in [2.45, 2.75) is 33.4 Å². The number of nitrogens with zero attached hydrogens (tertiary/aromatic N) is 1. The quantitative estimate of drug-likeness (QED) is 0.544. The number of phenolic OH excluding ortho intramolecular Hbond substituents is 1. The maximum atomic E-state index is 13.8. The Hall–Kier alpha value is -2.76. The first kappa shape index (κ1) is 19.6. The van der Waals surface area contributed by atoms with Crippen LogP contribution in [-0.2, 0) is 6.54 Å². The first-order valence-electron chi connectivity index (χ1n) is 8.61. The molecule has 3 N–H and O–H groups in total. The van der Waals surface area contributed by atoms with Gasteiger partial charge < -0.3 is 20.5 Å². The van der Waals surface area contributed by atoms with Crippen molar-refractivity contribution in [3.63, 3.8) is 0 Å². The van der Waals surface area contributed by atoms with Gasteiger partial charge in [-0.25, -0.2) is 9.38 Å². The summed E-state index contributed by atoms with van der Waals surface area (Å²) in [7, 11) is 1.58. The number of halogens is 1. The molecule has 26 heavy (non-hydrogen) atoms. The SMILES string of the molecule is CCNC(=NCc1cc(OC)ccc1O)NC(C)c1ccc(C)c(F)c1. The van der Waals surface area contributed by atoms with Crippen molar-refractivity contribution in [1.82, 2.24) is 10.6 Å². The van der Waals surface area contributed by atoms with Gasteiger partial charge in [0, 0.05) is 12.1 Å². The van der Waals surface area contributed by atoms with Crippen molar-refractivity contribution in [2.75, 3.05) is 13.7 Å². The molecule has 0 spiro atoms. The van der Waals surface area contributed by atoms with Crippen molar-refractivity contribution in [3.8, 4) is 11.5 Å². The zero-order valence-electron chi connectivity index (χ0n) is 15.6. The molecular formula is C20H26FN3O2. The normalized spacial score (nSPS) is 12.6. The molecule has 0 saturated carbocycles. The molecule has 2 rings (SSSR count). The number of guanidine groups is 1. The fourth-order valence-electron chi connectivity index (χ4n) is 2.47. The van der Waals surface area contributed by atoms with Crippen LogP contribution in [0.25, 0.3) is 0 Å². The van der Waals surface area contributed by atoms with Gasteiger partial charge >= 0.3 is 0 Å². The van der Waals surface area contributed by atoms with Gasteiger partial charge in [0.15, 0.2) is 5.96 Å². The van der Waals surface area contributed by atoms with E-state index in [-0.39, 0.29) is 24.2 Å². The van der Waals surface area contributed by atoms with E-state index < -0.39 is 0 Å². The predicted octanol–water partition coefficient (Wildman–Crippen LogP) is 3.66. The number of nitrogens with one attached hydrogen (secondary N) is 2. The molecule has 0 fully saturated rings. The first-order valence-corrected chi connectivity index (χ1v) is 8.61. The summed E-state index contributed by atoms with van der Waals surface area (Å²) in [5.74, 6) is 1.19. The van der Waals surface area contributed by atoms with Crippen LogP contribution in [0.5, 0.6) is 11.5 Å². The number of hydrogen-bond donors (Lipinski definition) is 3. The summed E-state index contributed by atoms with van der Waals surface area (Å²) in [4.78, 5) is 4.51. The van der Waals surface area contributed by atoms with E-state index >= 15 is 0 Å². The van der Waals surface area contributed by atoms with Gasteiger partial charge in [-0.1, -0.05) is 12.1 Å². The molecule has 0 heterocycles. The molecule has 1 unspecified atom stereocenters. The molecule has 0 aliphatic heterocycles. The predicted molar refractivity (Wildman–Crippen MR) is 102 cm³/mol. The van der Waals surface area contributed by atoms with Crippen LogP contribution in [0.1, 0.15) is 36.6 Å². The van der Waals surface area contributed by atoms with E-state index in [2.05, 4.69) is 15.6 Å². The highest BCUT2D eigenvalue weighted by atomic mass is 19.1. The summed E-state index contributed by atoms with van der Waals surface area (Å²) in [5, 5.41) is 16.4. The molecule has 6 heteroatoms. The van der Waals surface area contributed by atoms with E-state index in [9.17, 15) is 9.50 Å². The Morgan fingerprint density at radius 3 is 2.69 bits per heavy atom. The van der Waals surface area contributed by atoms with Crippen LogP contribution in [-0.4, -0.2) is 24.7 Å². The smallest absolute Gasteiger partial charge is 0.192 e. The van der Waals surface area contributed by atoms with Crippen LogP contribution in [0, 0.1) is 12.7 Å². The second-order valence-electron chi connectivity index (χ2n) is 6.06. The lowest BCUT2D eigenvalue weighted by Gasteiger charge is -2.18. The highest BCUT2D eigenvalue weighted by Gasteiger charge is 2.10. The highest BCUT2D eigenvalue weighted by Crippen LogP contribution is 2.23. The van der Waals surface area contributed by atoms with E-state index in [1.165, 1.54) is 6.07 Å². The Morgan fingerprint density at radius 1 is 1.27 bits per heavy atom. The van der Waals surface area contributed by atoms with Crippen LogP contribution in [0.3, 0.4) is 0 Å². The van der Waals surface area contributed by atoms with Crippen LogP contribution >= 0.6 is 0 Å². The molecule has 0 aliphatic carbocycles. The largest absolute Gasteiger partial charge is 0.508 e. The monoisotopic (exact) mass is 359 g/mol. The highest BCUT2D eigenvalue weighted by molar-refractivity contribution is 5.80. The van der Waals surface area contributed by atoms with Gasteiger partial charge in [0.05, 0.1) is 19.7 Å². The molecule has 2 aromatic carbocycles. The fourth-order valence-corrected chi connectivity index (χ4v) is 2.47. The van der Waals surface area contributed by atoms with E-state index in [1.54, 1.807) is 38.3 Å². The summed E-state index contributed by atoms with van der Waals surface area (Å²) in [6.45, 7) is 6.62. The zero-order chi connectivity index (χ0) is 19.1. The third kappa shape index (κ3) is 5.12. The Bertz CT molecular complexity index is 778. The van der Waals surface area contributed by atoms with Crippen LogP contribution in [0.2, 0.25) is 0 Å².